The molecule has 0 aliphatic heterocycles. The van der Waals surface area contributed by atoms with Crippen LogP contribution >= 0.6 is 11.3 Å². The molecule has 7 heteroatoms. The summed E-state index contributed by atoms with van der Waals surface area (Å²) in [6.07, 6.45) is 1.48. The second kappa shape index (κ2) is 6.62. The van der Waals surface area contributed by atoms with E-state index in [-0.39, 0.29) is 18.1 Å². The molecule has 4 nitrogen and oxygen atoms in total. The summed E-state index contributed by atoms with van der Waals surface area (Å²) in [5, 5.41) is 4.82. The molecule has 116 valence electrons. The fourth-order valence-corrected chi connectivity index (χ4v) is 2.71. The van der Waals surface area contributed by atoms with Gasteiger partial charge in [-0.1, -0.05) is 12.1 Å². The van der Waals surface area contributed by atoms with Gasteiger partial charge in [-0.25, -0.2) is 14.4 Å². The number of hydrogen-bond acceptors (Lipinski definition) is 4. The molecule has 0 saturated carbocycles. The summed E-state index contributed by atoms with van der Waals surface area (Å²) in [5.41, 5.74) is 1.86. The van der Waals surface area contributed by atoms with E-state index in [4.69, 9.17) is 0 Å². The van der Waals surface area contributed by atoms with Crippen LogP contribution in [0.1, 0.15) is 5.56 Å². The van der Waals surface area contributed by atoms with Crippen molar-refractivity contribution in [3.05, 3.63) is 65.3 Å². The lowest BCUT2D eigenvalue weighted by Crippen LogP contribution is -2.14. The van der Waals surface area contributed by atoms with Crippen molar-refractivity contribution in [2.24, 2.45) is 0 Å². The predicted octanol–water partition coefficient (Wildman–Crippen LogP) is 3.66. The molecule has 0 aliphatic rings. The van der Waals surface area contributed by atoms with Crippen LogP contribution in [-0.2, 0) is 11.2 Å². The Balaban J connectivity index is 1.66. The Bertz CT molecular complexity index is 833. The number of carbonyl (C=O) groups excluding carboxylic acids is 1. The Labute approximate surface area is 134 Å². The molecule has 2 aromatic heterocycles. The SMILES string of the molecule is O=C(Cc1ccc(F)cc1)Nc1nc(-c2ccnc(F)c2)cs1. The number of pyridine rings is 1. The van der Waals surface area contributed by atoms with Crippen LogP contribution in [-0.4, -0.2) is 15.9 Å². The second-order valence-corrected chi connectivity index (χ2v) is 5.61. The number of aromatic nitrogens is 2. The number of carbonyl (C=O) groups is 1. The number of hydrogen-bond donors (Lipinski definition) is 1. The molecular weight excluding hydrogens is 320 g/mol. The first-order valence-electron chi connectivity index (χ1n) is 6.72. The van der Waals surface area contributed by atoms with Gasteiger partial charge in [0.25, 0.3) is 0 Å². The first kappa shape index (κ1) is 15.2. The van der Waals surface area contributed by atoms with Crippen molar-refractivity contribution in [1.82, 2.24) is 9.97 Å². The third kappa shape index (κ3) is 3.95. The molecule has 0 radical (unpaired) electrons. The van der Waals surface area contributed by atoms with Gasteiger partial charge in [0.15, 0.2) is 5.13 Å². The molecule has 3 aromatic rings. The average molecular weight is 331 g/mol. The number of halogens is 2. The number of anilines is 1. The highest BCUT2D eigenvalue weighted by atomic mass is 32.1. The van der Waals surface area contributed by atoms with E-state index in [0.29, 0.717) is 22.0 Å². The number of amides is 1. The van der Waals surface area contributed by atoms with E-state index in [1.807, 2.05) is 0 Å². The van der Waals surface area contributed by atoms with Gasteiger partial charge in [-0.3, -0.25) is 4.79 Å². The molecule has 0 aliphatic carbocycles. The van der Waals surface area contributed by atoms with E-state index >= 15 is 0 Å². The zero-order valence-corrected chi connectivity index (χ0v) is 12.6. The van der Waals surface area contributed by atoms with E-state index in [1.54, 1.807) is 23.6 Å². The van der Waals surface area contributed by atoms with Gasteiger partial charge in [-0.2, -0.15) is 4.39 Å². The van der Waals surface area contributed by atoms with Crippen molar-refractivity contribution >= 4 is 22.4 Å². The maximum atomic E-state index is 13.1. The van der Waals surface area contributed by atoms with E-state index < -0.39 is 5.95 Å². The fraction of sp³-hybridized carbons (Fsp3) is 0.0625. The van der Waals surface area contributed by atoms with Gasteiger partial charge in [-0.15, -0.1) is 11.3 Å². The topological polar surface area (TPSA) is 54.9 Å². The third-order valence-electron chi connectivity index (χ3n) is 3.05. The lowest BCUT2D eigenvalue weighted by atomic mass is 10.1. The maximum absolute atomic E-state index is 13.1. The molecule has 3 rings (SSSR count). The largest absolute Gasteiger partial charge is 0.302 e. The van der Waals surface area contributed by atoms with Crippen LogP contribution in [0.3, 0.4) is 0 Å². The van der Waals surface area contributed by atoms with Gasteiger partial charge in [0.05, 0.1) is 12.1 Å². The molecule has 1 amide bonds. The van der Waals surface area contributed by atoms with E-state index in [0.717, 1.165) is 0 Å². The normalized spacial score (nSPS) is 10.5. The highest BCUT2D eigenvalue weighted by Crippen LogP contribution is 2.24. The monoisotopic (exact) mass is 331 g/mol. The quantitative estimate of drug-likeness (QED) is 0.742. The summed E-state index contributed by atoms with van der Waals surface area (Å²) in [7, 11) is 0. The second-order valence-electron chi connectivity index (χ2n) is 4.76. The lowest BCUT2D eigenvalue weighted by molar-refractivity contribution is -0.115. The van der Waals surface area contributed by atoms with Gasteiger partial charge in [0, 0.05) is 23.2 Å². The van der Waals surface area contributed by atoms with Crippen LogP contribution in [0.5, 0.6) is 0 Å². The van der Waals surface area contributed by atoms with Crippen LogP contribution in [0.2, 0.25) is 0 Å². The molecule has 1 N–H and O–H groups in total. The molecule has 0 saturated heterocycles. The van der Waals surface area contributed by atoms with Crippen LogP contribution in [0.15, 0.2) is 48.0 Å². The Hall–Kier alpha value is -2.67. The summed E-state index contributed by atoms with van der Waals surface area (Å²) in [6, 6.07) is 8.65. The van der Waals surface area contributed by atoms with Crippen LogP contribution in [0, 0.1) is 11.8 Å². The molecule has 0 bridgehead atoms. The average Bonchev–Trinajstić information content (AvgIpc) is 2.98. The highest BCUT2D eigenvalue weighted by molar-refractivity contribution is 7.14. The third-order valence-corrected chi connectivity index (χ3v) is 3.81. The Kier molecular flexibility index (Phi) is 4.38. The first-order valence-corrected chi connectivity index (χ1v) is 7.60. The molecule has 2 heterocycles. The van der Waals surface area contributed by atoms with Crippen molar-refractivity contribution in [1.29, 1.82) is 0 Å². The molecule has 0 unspecified atom stereocenters. The minimum atomic E-state index is -0.586. The van der Waals surface area contributed by atoms with Crippen LogP contribution in [0.4, 0.5) is 13.9 Å². The van der Waals surface area contributed by atoms with Crippen molar-refractivity contribution in [2.45, 2.75) is 6.42 Å². The minimum Gasteiger partial charge on any atom is -0.302 e. The Morgan fingerprint density at radius 2 is 1.96 bits per heavy atom. The van der Waals surface area contributed by atoms with Gasteiger partial charge < -0.3 is 5.32 Å². The lowest BCUT2D eigenvalue weighted by Gasteiger charge is -2.02. The van der Waals surface area contributed by atoms with Gasteiger partial charge in [-0.05, 0) is 23.8 Å². The number of thiazole rings is 1. The van der Waals surface area contributed by atoms with Crippen molar-refractivity contribution in [3.8, 4) is 11.3 Å². The first-order chi connectivity index (χ1) is 11.1. The maximum Gasteiger partial charge on any atom is 0.230 e. The van der Waals surface area contributed by atoms with Crippen LogP contribution in [0.25, 0.3) is 11.3 Å². The molecule has 0 atom stereocenters. The number of nitrogens with one attached hydrogen (secondary N) is 1. The van der Waals surface area contributed by atoms with E-state index in [2.05, 4.69) is 15.3 Å². The predicted molar refractivity (Wildman–Crippen MR) is 84.0 cm³/mol. The smallest absolute Gasteiger partial charge is 0.230 e. The number of rotatable bonds is 4. The molecule has 23 heavy (non-hydrogen) atoms. The molecule has 1 aromatic carbocycles. The minimum absolute atomic E-state index is 0.124. The van der Waals surface area contributed by atoms with Crippen molar-refractivity contribution < 1.29 is 13.6 Å². The van der Waals surface area contributed by atoms with E-state index in [9.17, 15) is 13.6 Å². The Morgan fingerprint density at radius 1 is 1.17 bits per heavy atom. The summed E-state index contributed by atoms with van der Waals surface area (Å²) >= 11 is 1.25. The molecule has 0 fully saturated rings. The summed E-state index contributed by atoms with van der Waals surface area (Å²) in [6.45, 7) is 0. The van der Waals surface area contributed by atoms with Crippen molar-refractivity contribution in [3.63, 3.8) is 0 Å². The number of nitrogens with zero attached hydrogens (tertiary/aromatic N) is 2. The molecule has 0 spiro atoms. The Morgan fingerprint density at radius 3 is 2.70 bits per heavy atom. The van der Waals surface area contributed by atoms with Gasteiger partial charge in [0.2, 0.25) is 11.9 Å². The zero-order valence-electron chi connectivity index (χ0n) is 11.8. The summed E-state index contributed by atoms with van der Waals surface area (Å²) < 4.78 is 25.9. The van der Waals surface area contributed by atoms with E-state index in [1.165, 1.54) is 35.7 Å². The zero-order chi connectivity index (χ0) is 16.2. The van der Waals surface area contributed by atoms with Crippen LogP contribution < -0.4 is 5.32 Å². The van der Waals surface area contributed by atoms with Gasteiger partial charge in [0.1, 0.15) is 5.82 Å². The number of benzene rings is 1. The standard InChI is InChI=1S/C16H11F2N3OS/c17-12-3-1-10(2-4-12)7-15(22)21-16-20-13(9-23-16)11-5-6-19-14(18)8-11/h1-6,8-9H,7H2,(H,20,21,22). The summed E-state index contributed by atoms with van der Waals surface area (Å²) in [5.74, 6) is -1.18. The van der Waals surface area contributed by atoms with Crippen molar-refractivity contribution in [2.75, 3.05) is 5.32 Å². The fourth-order valence-electron chi connectivity index (χ4n) is 1.98. The summed E-state index contributed by atoms with van der Waals surface area (Å²) in [4.78, 5) is 19.7. The highest BCUT2D eigenvalue weighted by Gasteiger charge is 2.09. The van der Waals surface area contributed by atoms with Gasteiger partial charge >= 0.3 is 0 Å². The molecular formula is C16H11F2N3OS.